The van der Waals surface area contributed by atoms with Crippen LogP contribution in [0.25, 0.3) is 0 Å². The van der Waals surface area contributed by atoms with Gasteiger partial charge in [-0.15, -0.1) is 0 Å². The van der Waals surface area contributed by atoms with E-state index in [0.29, 0.717) is 0 Å². The molecule has 0 amide bonds. The van der Waals surface area contributed by atoms with Crippen LogP contribution in [0.2, 0.25) is 0 Å². The zero-order valence-corrected chi connectivity index (χ0v) is 14.9. The molecule has 0 spiro atoms. The van der Waals surface area contributed by atoms with Crippen molar-refractivity contribution in [1.82, 2.24) is 6.15 Å². The van der Waals surface area contributed by atoms with E-state index >= 15 is 0 Å². The molecule has 118 valence electrons. The maximum Gasteiger partial charge on any atom is 3.00 e. The van der Waals surface area contributed by atoms with Crippen molar-refractivity contribution in [1.29, 1.82) is 0 Å². The number of quaternary nitrogens is 1. The topological polar surface area (TPSA) is 220 Å². The summed E-state index contributed by atoms with van der Waals surface area (Å²) in [7, 11) is 0. The Labute approximate surface area is 134 Å². The van der Waals surface area contributed by atoms with Crippen molar-refractivity contribution in [2.75, 3.05) is 0 Å². The van der Waals surface area contributed by atoms with Crippen LogP contribution in [0.1, 0.15) is 20.8 Å². The first-order chi connectivity index (χ1) is 7.93. The zero-order valence-electron chi connectivity index (χ0n) is 11.4. The normalized spacial score (nSPS) is 12.3. The van der Waals surface area contributed by atoms with Gasteiger partial charge in [0.05, 0.1) is 24.1 Å². The van der Waals surface area contributed by atoms with Gasteiger partial charge < -0.3 is 51.2 Å². The molecule has 0 aromatic rings. The van der Waals surface area contributed by atoms with Crippen molar-refractivity contribution in [3.8, 4) is 0 Å². The molecule has 10 nitrogen and oxygen atoms in total. The standard InChI is InChI=1S/2C3H6O3.C3H5O3.Bi.H3N/c3*1-2(4)3(5)6;;/h2*2,4H,1H3,(H,5,6);2H,1H3,(H,5,6);;1H3/q;;-1;+3;/p-2. The fourth-order valence-corrected chi connectivity index (χ4v) is 0. The van der Waals surface area contributed by atoms with Crippen LogP contribution in [0, 0.1) is 0 Å². The number of carboxylic acid groups (broad SMARTS) is 3. The van der Waals surface area contributed by atoms with E-state index in [-0.39, 0.29) is 32.4 Å². The minimum atomic E-state index is -1.59. The van der Waals surface area contributed by atoms with Gasteiger partial charge in [-0.25, -0.2) is 0 Å². The van der Waals surface area contributed by atoms with E-state index in [1.165, 1.54) is 0 Å². The molecule has 0 aliphatic heterocycles. The molecular weight excluding hydrogens is 475 g/mol. The number of carbonyl (C=O) groups excluding carboxylic acids is 3. The summed E-state index contributed by atoms with van der Waals surface area (Å²) in [4.78, 5) is 28.0. The number of aliphatic carboxylic acids is 3. The minimum absolute atomic E-state index is 0. The summed E-state index contributed by atoms with van der Waals surface area (Å²) < 4.78 is 0. The molecule has 2 radical (unpaired) electrons. The summed E-state index contributed by atoms with van der Waals surface area (Å²) in [5, 5.41) is 53.5. The molecule has 11 heteroatoms. The van der Waals surface area contributed by atoms with Crippen LogP contribution in [0.4, 0.5) is 0 Å². The second-order valence-electron chi connectivity index (χ2n) is 2.95. The number of rotatable bonds is 3. The van der Waals surface area contributed by atoms with Gasteiger partial charge in [-0.3, -0.25) is 0 Å². The molecule has 0 rings (SSSR count). The number of aliphatic hydroxyl groups excluding tert-OH is 2. The second kappa shape index (κ2) is 18.1. The molecule has 6 N–H and O–H groups in total. The van der Waals surface area contributed by atoms with E-state index in [2.05, 4.69) is 0 Å². The van der Waals surface area contributed by atoms with Crippen molar-refractivity contribution in [2.24, 2.45) is 0 Å². The first-order valence-electron chi connectivity index (χ1n) is 4.57. The van der Waals surface area contributed by atoms with Gasteiger partial charge >= 0.3 is 26.2 Å². The minimum Gasteiger partial charge on any atom is -0.848 e. The molecule has 0 saturated heterocycles. The third kappa shape index (κ3) is 36.0. The van der Waals surface area contributed by atoms with Gasteiger partial charge in [-0.2, -0.15) is 0 Å². The zero-order chi connectivity index (χ0) is 15.5. The van der Waals surface area contributed by atoms with Crippen molar-refractivity contribution < 1.29 is 45.0 Å². The predicted molar refractivity (Wildman–Crippen MR) is 59.6 cm³/mol. The van der Waals surface area contributed by atoms with Gasteiger partial charge in [-0.1, -0.05) is 13.0 Å². The van der Waals surface area contributed by atoms with Crippen molar-refractivity contribution in [3.63, 3.8) is 0 Å². The van der Waals surface area contributed by atoms with Crippen molar-refractivity contribution in [3.05, 3.63) is 0 Å². The van der Waals surface area contributed by atoms with Crippen LogP contribution >= 0.6 is 0 Å². The Kier molecular flexibility index (Phi) is 28.6. The first-order valence-corrected chi connectivity index (χ1v) is 4.57. The Balaban J connectivity index is -0.0000000536. The third-order valence-corrected chi connectivity index (χ3v) is 1.01. The first kappa shape index (κ1) is 31.5. The number of carbonyl (C=O) groups is 3. The molecule has 0 saturated carbocycles. The molecule has 0 aliphatic carbocycles. The molecule has 0 aromatic carbocycles. The van der Waals surface area contributed by atoms with E-state index in [1.54, 1.807) is 0 Å². The number of hydrogen-bond acceptors (Lipinski definition) is 9. The smallest absolute Gasteiger partial charge is 0.848 e. The summed E-state index contributed by atoms with van der Waals surface area (Å²) in [6.07, 6.45) is -4.28. The molecule has 3 atom stereocenters. The fraction of sp³-hybridized carbons (Fsp3) is 0.667. The average Bonchev–Trinajstić information content (AvgIpc) is 2.18. The van der Waals surface area contributed by atoms with Crippen LogP contribution in [0.15, 0.2) is 0 Å². The summed E-state index contributed by atoms with van der Waals surface area (Å²) in [5.74, 6) is -4.42. The van der Waals surface area contributed by atoms with Crippen LogP contribution in [0.5, 0.6) is 0 Å². The van der Waals surface area contributed by atoms with Crippen molar-refractivity contribution >= 4 is 44.1 Å². The van der Waals surface area contributed by atoms with Gasteiger partial charge in [0.1, 0.15) is 0 Å². The Morgan fingerprint density at radius 1 is 0.800 bits per heavy atom. The quantitative estimate of drug-likeness (QED) is 0.318. The van der Waals surface area contributed by atoms with E-state index < -0.39 is 36.2 Å². The van der Waals surface area contributed by atoms with E-state index in [0.717, 1.165) is 20.8 Å². The Morgan fingerprint density at radius 3 is 0.900 bits per heavy atom. The van der Waals surface area contributed by atoms with Crippen LogP contribution in [-0.2, 0) is 14.4 Å². The maximum absolute atomic E-state index is 9.56. The number of hydrogen-bond donors (Lipinski definition) is 3. The SMILES string of the molecule is CC(O)C(=O)[O-].CC(O)C(=O)[O-].CC([O-])C(=O)[O-].[Bi+3].[NH4+]. The Morgan fingerprint density at radius 2 is 0.900 bits per heavy atom. The van der Waals surface area contributed by atoms with E-state index in [1.807, 2.05) is 0 Å². The fourth-order valence-electron chi connectivity index (χ4n) is 0. The second-order valence-corrected chi connectivity index (χ2v) is 2.95. The maximum atomic E-state index is 9.56. The summed E-state index contributed by atoms with van der Waals surface area (Å²) >= 11 is 0. The summed E-state index contributed by atoms with van der Waals surface area (Å²) in [5.41, 5.74) is 0. The molecule has 0 aliphatic rings. The Bertz CT molecular complexity index is 225. The summed E-state index contributed by atoms with van der Waals surface area (Å²) in [6.45, 7) is 3.29. The molecule has 20 heavy (non-hydrogen) atoms. The third-order valence-electron chi connectivity index (χ3n) is 1.01. The van der Waals surface area contributed by atoms with E-state index in [9.17, 15) is 34.8 Å². The van der Waals surface area contributed by atoms with Crippen LogP contribution in [-0.4, -0.2) is 72.6 Å². The molecular formula is C9H18BiNO9. The molecule has 0 fully saturated rings. The van der Waals surface area contributed by atoms with Gasteiger partial charge in [0, 0.05) is 5.97 Å². The molecule has 0 heterocycles. The molecule has 0 bridgehead atoms. The predicted octanol–water partition coefficient (Wildman–Crippen LogP) is -6.29. The van der Waals surface area contributed by atoms with Crippen LogP contribution in [0.3, 0.4) is 0 Å². The largest absolute Gasteiger partial charge is 3.00 e. The van der Waals surface area contributed by atoms with Crippen molar-refractivity contribution in [2.45, 2.75) is 39.1 Å². The van der Waals surface area contributed by atoms with E-state index in [4.69, 9.17) is 10.2 Å². The van der Waals surface area contributed by atoms with Gasteiger partial charge in [0.2, 0.25) is 0 Å². The number of carboxylic acids is 3. The average molecular weight is 493 g/mol. The van der Waals surface area contributed by atoms with Gasteiger partial charge in [0.15, 0.2) is 0 Å². The molecule has 3 unspecified atom stereocenters. The monoisotopic (exact) mass is 493 g/mol. The van der Waals surface area contributed by atoms with Gasteiger partial charge in [0.25, 0.3) is 0 Å². The molecule has 0 aromatic heterocycles. The Hall–Kier alpha value is -0.867. The van der Waals surface area contributed by atoms with Gasteiger partial charge in [-0.05, 0) is 13.8 Å². The summed E-state index contributed by atoms with van der Waals surface area (Å²) in [6, 6.07) is 0. The van der Waals surface area contributed by atoms with Crippen LogP contribution < -0.4 is 26.6 Å². The number of aliphatic hydroxyl groups is 2.